The van der Waals surface area contributed by atoms with Gasteiger partial charge in [-0.2, -0.15) is 0 Å². The van der Waals surface area contributed by atoms with Crippen molar-refractivity contribution in [3.8, 4) is 5.75 Å². The summed E-state index contributed by atoms with van der Waals surface area (Å²) < 4.78 is 5.93. The average molecular weight is 499 g/mol. The smallest absolute Gasteiger partial charge is 0.261 e. The van der Waals surface area contributed by atoms with Crippen LogP contribution in [0.3, 0.4) is 0 Å². The second-order valence-electron chi connectivity index (χ2n) is 10.1. The minimum atomic E-state index is -0.639. The lowest BCUT2D eigenvalue weighted by Crippen LogP contribution is -2.53. The van der Waals surface area contributed by atoms with Gasteiger partial charge in [0.1, 0.15) is 11.8 Å². The molecule has 1 atom stereocenters. The Kier molecular flexibility index (Phi) is 9.36. The molecule has 0 heterocycles. The average Bonchev–Trinajstić information content (AvgIpc) is 2.93. The molecule has 5 heteroatoms. The van der Waals surface area contributed by atoms with Gasteiger partial charge in [-0.25, -0.2) is 0 Å². The Balaban J connectivity index is 1.59. The second kappa shape index (κ2) is 13.1. The number of aryl methyl sites for hydroxylation is 2. The minimum Gasteiger partial charge on any atom is -0.484 e. The molecular formula is C32H38N2O3. The molecule has 5 nitrogen and oxygen atoms in total. The molecule has 0 saturated heterocycles. The zero-order chi connectivity index (χ0) is 26.0. The Labute approximate surface area is 220 Å². The summed E-state index contributed by atoms with van der Waals surface area (Å²) in [5.74, 6) is 0.357. The summed E-state index contributed by atoms with van der Waals surface area (Å²) in [7, 11) is 0. The predicted octanol–water partition coefficient (Wildman–Crippen LogP) is 5.77. The first-order chi connectivity index (χ1) is 18.0. The fourth-order valence-corrected chi connectivity index (χ4v) is 4.91. The van der Waals surface area contributed by atoms with Crippen molar-refractivity contribution in [2.45, 2.75) is 71.0 Å². The van der Waals surface area contributed by atoms with Crippen molar-refractivity contribution >= 4 is 11.8 Å². The highest BCUT2D eigenvalue weighted by atomic mass is 16.5. The number of rotatable bonds is 10. The zero-order valence-electron chi connectivity index (χ0n) is 22.0. The van der Waals surface area contributed by atoms with E-state index < -0.39 is 6.04 Å². The standard InChI is InChI=1S/C32H38N2O3/c1-24-18-19-29(20-25(24)2)37-23-31(35)34(22-27-14-8-4-9-15-27)30(21-26-12-6-3-7-13-26)32(36)33-28-16-10-5-11-17-28/h3-4,6-9,12-15,18-20,28,30H,5,10-11,16-17,21-23H2,1-2H3,(H,33,36)/t30-/m0/s1. The van der Waals surface area contributed by atoms with Gasteiger partial charge in [-0.05, 0) is 61.1 Å². The largest absolute Gasteiger partial charge is 0.484 e. The lowest BCUT2D eigenvalue weighted by molar-refractivity contribution is -0.143. The van der Waals surface area contributed by atoms with E-state index in [-0.39, 0.29) is 24.5 Å². The monoisotopic (exact) mass is 498 g/mol. The highest BCUT2D eigenvalue weighted by molar-refractivity contribution is 5.88. The molecule has 3 aromatic rings. The summed E-state index contributed by atoms with van der Waals surface area (Å²) in [5.41, 5.74) is 4.28. The van der Waals surface area contributed by atoms with Gasteiger partial charge in [-0.15, -0.1) is 0 Å². The van der Waals surface area contributed by atoms with Crippen LogP contribution in [0.15, 0.2) is 78.9 Å². The Hall–Kier alpha value is -3.60. The fourth-order valence-electron chi connectivity index (χ4n) is 4.91. The number of nitrogens with one attached hydrogen (secondary N) is 1. The molecule has 0 aromatic heterocycles. The number of amides is 2. The number of carbonyl (C=O) groups is 2. The molecule has 194 valence electrons. The Bertz CT molecular complexity index is 1160. The molecule has 0 unspecified atom stereocenters. The third-order valence-corrected chi connectivity index (χ3v) is 7.26. The van der Waals surface area contributed by atoms with Crippen molar-refractivity contribution in [1.82, 2.24) is 10.2 Å². The Morgan fingerprint density at radius 1 is 0.865 bits per heavy atom. The third-order valence-electron chi connectivity index (χ3n) is 7.26. The number of nitrogens with zero attached hydrogens (tertiary/aromatic N) is 1. The first-order valence-corrected chi connectivity index (χ1v) is 13.4. The van der Waals surface area contributed by atoms with E-state index in [4.69, 9.17) is 4.74 Å². The van der Waals surface area contributed by atoms with Crippen LogP contribution in [0.5, 0.6) is 5.75 Å². The maximum atomic E-state index is 13.8. The number of hydrogen-bond donors (Lipinski definition) is 1. The van der Waals surface area contributed by atoms with Gasteiger partial charge in [0.05, 0.1) is 0 Å². The van der Waals surface area contributed by atoms with Gasteiger partial charge in [0.25, 0.3) is 5.91 Å². The van der Waals surface area contributed by atoms with Crippen LogP contribution in [-0.4, -0.2) is 35.4 Å². The maximum absolute atomic E-state index is 13.8. The van der Waals surface area contributed by atoms with E-state index in [1.165, 1.54) is 12.0 Å². The van der Waals surface area contributed by atoms with Crippen molar-refractivity contribution < 1.29 is 14.3 Å². The summed E-state index contributed by atoms with van der Waals surface area (Å²) in [6.07, 6.45) is 5.91. The second-order valence-corrected chi connectivity index (χ2v) is 10.1. The van der Waals surface area contributed by atoms with E-state index in [0.717, 1.165) is 42.4 Å². The number of carbonyl (C=O) groups excluding carboxylic acids is 2. The topological polar surface area (TPSA) is 58.6 Å². The van der Waals surface area contributed by atoms with Crippen molar-refractivity contribution in [2.75, 3.05) is 6.61 Å². The van der Waals surface area contributed by atoms with Gasteiger partial charge < -0.3 is 15.0 Å². The third kappa shape index (κ3) is 7.69. The summed E-state index contributed by atoms with van der Waals surface area (Å²) in [4.78, 5) is 29.2. The normalized spacial score (nSPS) is 14.5. The van der Waals surface area contributed by atoms with E-state index in [2.05, 4.69) is 5.32 Å². The van der Waals surface area contributed by atoms with Crippen molar-refractivity contribution in [1.29, 1.82) is 0 Å². The molecule has 3 aromatic carbocycles. The zero-order valence-corrected chi connectivity index (χ0v) is 22.0. The SMILES string of the molecule is Cc1ccc(OCC(=O)N(Cc2ccccc2)[C@@H](Cc2ccccc2)C(=O)NC2CCCCC2)cc1C. The van der Waals surface area contributed by atoms with Crippen molar-refractivity contribution in [3.05, 3.63) is 101 Å². The maximum Gasteiger partial charge on any atom is 0.261 e. The van der Waals surface area contributed by atoms with E-state index in [0.29, 0.717) is 18.7 Å². The molecule has 1 fully saturated rings. The minimum absolute atomic E-state index is 0.0915. The molecule has 1 N–H and O–H groups in total. The van der Waals surface area contributed by atoms with Crippen LogP contribution in [0.2, 0.25) is 0 Å². The van der Waals surface area contributed by atoms with Crippen LogP contribution >= 0.6 is 0 Å². The molecule has 1 aliphatic rings. The molecule has 4 rings (SSSR count). The molecule has 2 amide bonds. The number of benzene rings is 3. The fraction of sp³-hybridized carbons (Fsp3) is 0.375. The van der Waals surface area contributed by atoms with Crippen LogP contribution in [-0.2, 0) is 22.6 Å². The molecule has 0 bridgehead atoms. The van der Waals surface area contributed by atoms with Crippen LogP contribution in [0.25, 0.3) is 0 Å². The van der Waals surface area contributed by atoms with Gasteiger partial charge in [0.2, 0.25) is 5.91 Å². The molecule has 37 heavy (non-hydrogen) atoms. The van der Waals surface area contributed by atoms with Crippen LogP contribution in [0.4, 0.5) is 0 Å². The van der Waals surface area contributed by atoms with Gasteiger partial charge >= 0.3 is 0 Å². The van der Waals surface area contributed by atoms with Gasteiger partial charge in [0, 0.05) is 19.0 Å². The summed E-state index contributed by atoms with van der Waals surface area (Å²) >= 11 is 0. The molecule has 1 aliphatic carbocycles. The number of ether oxygens (including phenoxy) is 1. The first kappa shape index (κ1) is 26.5. The highest BCUT2D eigenvalue weighted by Crippen LogP contribution is 2.21. The van der Waals surface area contributed by atoms with E-state index >= 15 is 0 Å². The Morgan fingerprint density at radius 3 is 2.16 bits per heavy atom. The van der Waals surface area contributed by atoms with E-state index in [9.17, 15) is 9.59 Å². The summed E-state index contributed by atoms with van der Waals surface area (Å²) in [5, 5.41) is 3.27. The highest BCUT2D eigenvalue weighted by Gasteiger charge is 2.32. The van der Waals surface area contributed by atoms with Crippen LogP contribution < -0.4 is 10.1 Å². The quantitative estimate of drug-likeness (QED) is 0.386. The summed E-state index contributed by atoms with van der Waals surface area (Å²) in [6, 6.07) is 25.1. The van der Waals surface area contributed by atoms with E-state index in [1.54, 1.807) is 4.90 Å². The summed E-state index contributed by atoms with van der Waals surface area (Å²) in [6.45, 7) is 4.28. The Morgan fingerprint density at radius 2 is 1.51 bits per heavy atom. The van der Waals surface area contributed by atoms with E-state index in [1.807, 2.05) is 92.7 Å². The van der Waals surface area contributed by atoms with Gasteiger partial charge in [-0.1, -0.05) is 86.0 Å². The molecule has 0 spiro atoms. The van der Waals surface area contributed by atoms with Gasteiger partial charge in [0.15, 0.2) is 6.61 Å². The molecular weight excluding hydrogens is 460 g/mol. The first-order valence-electron chi connectivity index (χ1n) is 13.4. The van der Waals surface area contributed by atoms with Crippen LogP contribution in [0, 0.1) is 13.8 Å². The lowest BCUT2D eigenvalue weighted by atomic mass is 9.94. The van der Waals surface area contributed by atoms with Gasteiger partial charge in [-0.3, -0.25) is 9.59 Å². The van der Waals surface area contributed by atoms with Crippen molar-refractivity contribution in [3.63, 3.8) is 0 Å². The van der Waals surface area contributed by atoms with Crippen molar-refractivity contribution in [2.24, 2.45) is 0 Å². The molecule has 0 aliphatic heterocycles. The van der Waals surface area contributed by atoms with Crippen LogP contribution in [0.1, 0.15) is 54.4 Å². The molecule has 0 radical (unpaired) electrons. The predicted molar refractivity (Wildman–Crippen MR) is 147 cm³/mol. The number of hydrogen-bond acceptors (Lipinski definition) is 3. The lowest BCUT2D eigenvalue weighted by Gasteiger charge is -2.33. The molecule has 1 saturated carbocycles.